The third-order valence-electron chi connectivity index (χ3n) is 3.58. The molecule has 0 atom stereocenters. The van der Waals surface area contributed by atoms with E-state index < -0.39 is 6.16 Å². The number of hydrogen-bond acceptors (Lipinski definition) is 3. The number of carbonyl (C=O) groups excluding carboxylic acids is 1. The number of ether oxygens (including phenoxy) is 2. The molecule has 0 radical (unpaired) electrons. The van der Waals surface area contributed by atoms with Crippen LogP contribution in [-0.2, 0) is 0 Å². The summed E-state index contributed by atoms with van der Waals surface area (Å²) in [6.45, 7) is 11.7. The third-order valence-corrected chi connectivity index (χ3v) is 3.58. The van der Waals surface area contributed by atoms with Gasteiger partial charge in [-0.1, -0.05) is 35.4 Å². The van der Waals surface area contributed by atoms with Crippen molar-refractivity contribution < 1.29 is 14.3 Å². The van der Waals surface area contributed by atoms with Gasteiger partial charge in [-0.2, -0.15) is 0 Å². The molecule has 0 saturated carbocycles. The first-order valence-corrected chi connectivity index (χ1v) is 7.33. The van der Waals surface area contributed by atoms with E-state index in [1.165, 1.54) is 0 Å². The molecular weight excluding hydrogens is 276 g/mol. The second-order valence-corrected chi connectivity index (χ2v) is 5.91. The van der Waals surface area contributed by atoms with Crippen molar-refractivity contribution in [2.45, 2.75) is 41.5 Å². The minimum atomic E-state index is -0.704. The monoisotopic (exact) mass is 298 g/mol. The van der Waals surface area contributed by atoms with Crippen molar-refractivity contribution in [3.8, 4) is 11.5 Å². The SMILES string of the molecule is Cc1cc(C)c(OC(=O)Oc2c(C)cc(C)cc2C)c(C)c1. The van der Waals surface area contributed by atoms with Gasteiger partial charge in [-0.25, -0.2) is 4.79 Å². The quantitative estimate of drug-likeness (QED) is 0.570. The largest absolute Gasteiger partial charge is 0.519 e. The maximum atomic E-state index is 12.1. The highest BCUT2D eigenvalue weighted by molar-refractivity contribution is 5.69. The van der Waals surface area contributed by atoms with Crippen LogP contribution in [0.4, 0.5) is 4.79 Å². The van der Waals surface area contributed by atoms with Crippen LogP contribution in [0.5, 0.6) is 11.5 Å². The highest BCUT2D eigenvalue weighted by Crippen LogP contribution is 2.27. The van der Waals surface area contributed by atoms with Crippen LogP contribution < -0.4 is 9.47 Å². The maximum absolute atomic E-state index is 12.1. The number of rotatable bonds is 2. The molecule has 0 unspecified atom stereocenters. The molecule has 2 aromatic rings. The molecule has 0 heterocycles. The first kappa shape index (κ1) is 16.1. The Balaban J connectivity index is 2.22. The second kappa shape index (κ2) is 6.22. The number of carbonyl (C=O) groups is 1. The summed E-state index contributed by atoms with van der Waals surface area (Å²) < 4.78 is 10.8. The summed E-state index contributed by atoms with van der Waals surface area (Å²) in [4.78, 5) is 12.1. The summed E-state index contributed by atoms with van der Waals surface area (Å²) >= 11 is 0. The number of hydrogen-bond donors (Lipinski definition) is 0. The van der Waals surface area contributed by atoms with Crippen molar-refractivity contribution in [3.05, 3.63) is 57.6 Å². The van der Waals surface area contributed by atoms with E-state index in [0.717, 1.165) is 33.4 Å². The van der Waals surface area contributed by atoms with Crippen LogP contribution in [0, 0.1) is 41.5 Å². The van der Waals surface area contributed by atoms with E-state index in [1.807, 2.05) is 65.8 Å². The van der Waals surface area contributed by atoms with Gasteiger partial charge in [-0.3, -0.25) is 0 Å². The highest BCUT2D eigenvalue weighted by Gasteiger charge is 2.15. The van der Waals surface area contributed by atoms with Crippen LogP contribution in [0.2, 0.25) is 0 Å². The lowest BCUT2D eigenvalue weighted by molar-refractivity contribution is 0.150. The molecule has 0 aliphatic heterocycles. The Labute approximate surface area is 131 Å². The van der Waals surface area contributed by atoms with Crippen molar-refractivity contribution in [2.75, 3.05) is 0 Å². The molecule has 3 nitrogen and oxygen atoms in total. The molecule has 0 spiro atoms. The van der Waals surface area contributed by atoms with E-state index in [9.17, 15) is 4.79 Å². The molecule has 0 N–H and O–H groups in total. The van der Waals surface area contributed by atoms with E-state index in [4.69, 9.17) is 9.47 Å². The van der Waals surface area contributed by atoms with Gasteiger partial charge in [0.25, 0.3) is 0 Å². The summed E-state index contributed by atoms with van der Waals surface area (Å²) in [5.74, 6) is 1.14. The lowest BCUT2D eigenvalue weighted by Crippen LogP contribution is -2.16. The first-order valence-electron chi connectivity index (χ1n) is 7.33. The number of aryl methyl sites for hydroxylation is 6. The van der Waals surface area contributed by atoms with Crippen LogP contribution in [0.1, 0.15) is 33.4 Å². The lowest BCUT2D eigenvalue weighted by Gasteiger charge is -2.14. The average Bonchev–Trinajstić information content (AvgIpc) is 2.38. The fraction of sp³-hybridized carbons (Fsp3) is 0.316. The molecule has 2 rings (SSSR count). The Morgan fingerprint density at radius 2 is 0.909 bits per heavy atom. The van der Waals surface area contributed by atoms with E-state index in [0.29, 0.717) is 11.5 Å². The smallest absolute Gasteiger partial charge is 0.394 e. The molecule has 2 aromatic carbocycles. The number of benzene rings is 2. The topological polar surface area (TPSA) is 35.5 Å². The molecule has 3 heteroatoms. The summed E-state index contributed by atoms with van der Waals surface area (Å²) in [7, 11) is 0. The Kier molecular flexibility index (Phi) is 4.55. The first-order chi connectivity index (χ1) is 10.3. The van der Waals surface area contributed by atoms with Gasteiger partial charge in [0.05, 0.1) is 0 Å². The Morgan fingerprint density at radius 3 is 1.18 bits per heavy atom. The summed E-state index contributed by atoms with van der Waals surface area (Å²) in [6, 6.07) is 7.94. The predicted octanol–water partition coefficient (Wildman–Crippen LogP) is 5.11. The van der Waals surface area contributed by atoms with Gasteiger partial charge in [0.1, 0.15) is 11.5 Å². The van der Waals surface area contributed by atoms with Gasteiger partial charge in [0.15, 0.2) is 0 Å². The maximum Gasteiger partial charge on any atom is 0.519 e. The Hall–Kier alpha value is -2.29. The van der Waals surface area contributed by atoms with Crippen LogP contribution in [0.3, 0.4) is 0 Å². The Morgan fingerprint density at radius 1 is 0.636 bits per heavy atom. The van der Waals surface area contributed by atoms with Gasteiger partial charge in [0.2, 0.25) is 0 Å². The van der Waals surface area contributed by atoms with Crippen LogP contribution in [0.15, 0.2) is 24.3 Å². The average molecular weight is 298 g/mol. The molecule has 0 amide bonds. The van der Waals surface area contributed by atoms with Crippen molar-refractivity contribution in [1.82, 2.24) is 0 Å². The minimum absolute atomic E-state index is 0.568. The molecular formula is C19H22O3. The fourth-order valence-corrected chi connectivity index (χ4v) is 2.84. The van der Waals surface area contributed by atoms with Crippen LogP contribution in [-0.4, -0.2) is 6.16 Å². The van der Waals surface area contributed by atoms with Crippen LogP contribution >= 0.6 is 0 Å². The van der Waals surface area contributed by atoms with Crippen LogP contribution in [0.25, 0.3) is 0 Å². The minimum Gasteiger partial charge on any atom is -0.394 e. The van der Waals surface area contributed by atoms with Gasteiger partial charge < -0.3 is 9.47 Å². The van der Waals surface area contributed by atoms with E-state index in [-0.39, 0.29) is 0 Å². The molecule has 0 aliphatic carbocycles. The van der Waals surface area contributed by atoms with Crippen molar-refractivity contribution in [3.63, 3.8) is 0 Å². The van der Waals surface area contributed by atoms with Gasteiger partial charge >= 0.3 is 6.16 Å². The lowest BCUT2D eigenvalue weighted by atomic mass is 10.1. The predicted molar refractivity (Wildman–Crippen MR) is 88.0 cm³/mol. The normalized spacial score (nSPS) is 10.5. The van der Waals surface area contributed by atoms with Crippen molar-refractivity contribution in [1.29, 1.82) is 0 Å². The summed E-state index contributed by atoms with van der Waals surface area (Å²) in [6.07, 6.45) is -0.704. The van der Waals surface area contributed by atoms with Gasteiger partial charge in [-0.05, 0) is 63.8 Å². The molecule has 0 fully saturated rings. The molecule has 0 aromatic heterocycles. The molecule has 0 aliphatic rings. The van der Waals surface area contributed by atoms with Crippen molar-refractivity contribution in [2.24, 2.45) is 0 Å². The zero-order valence-corrected chi connectivity index (χ0v) is 14.0. The van der Waals surface area contributed by atoms with Crippen molar-refractivity contribution >= 4 is 6.16 Å². The zero-order chi connectivity index (χ0) is 16.4. The van der Waals surface area contributed by atoms with Gasteiger partial charge in [-0.15, -0.1) is 0 Å². The zero-order valence-electron chi connectivity index (χ0n) is 14.0. The molecule has 0 bridgehead atoms. The molecule has 22 heavy (non-hydrogen) atoms. The third kappa shape index (κ3) is 3.48. The second-order valence-electron chi connectivity index (χ2n) is 5.91. The van der Waals surface area contributed by atoms with Gasteiger partial charge in [0, 0.05) is 0 Å². The standard InChI is InChI=1S/C19H22O3/c1-11-7-13(3)17(14(4)8-11)21-19(20)22-18-15(5)9-12(2)10-16(18)6/h7-10H,1-6H3. The fourth-order valence-electron chi connectivity index (χ4n) is 2.84. The molecule has 0 saturated heterocycles. The van der Waals surface area contributed by atoms with E-state index in [2.05, 4.69) is 0 Å². The van der Waals surface area contributed by atoms with E-state index in [1.54, 1.807) is 0 Å². The molecule has 116 valence electrons. The highest BCUT2D eigenvalue weighted by atomic mass is 16.7. The summed E-state index contributed by atoms with van der Waals surface area (Å²) in [5, 5.41) is 0. The Bertz CT molecular complexity index is 622. The summed E-state index contributed by atoms with van der Waals surface area (Å²) in [5.41, 5.74) is 5.97. The van der Waals surface area contributed by atoms with E-state index >= 15 is 0 Å².